The maximum absolute atomic E-state index is 12.9. The molecule has 3 aliphatic rings. The van der Waals surface area contributed by atoms with Crippen LogP contribution in [-0.2, 0) is 28.9 Å². The Morgan fingerprint density at radius 2 is 1.63 bits per heavy atom. The minimum absolute atomic E-state index is 0.0283. The van der Waals surface area contributed by atoms with Gasteiger partial charge in [-0.1, -0.05) is 95.6 Å². The van der Waals surface area contributed by atoms with Crippen LogP contribution < -0.4 is 16.0 Å². The van der Waals surface area contributed by atoms with Crippen molar-refractivity contribution >= 4 is 61.6 Å². The molecule has 0 spiro atoms. The molecule has 1 aliphatic heterocycles. The summed E-state index contributed by atoms with van der Waals surface area (Å²) in [4.78, 5) is 5.34. The fraction of sp³-hybridized carbons (Fsp3) is 0.700. The predicted molar refractivity (Wildman–Crippen MR) is 237 cm³/mol. The second kappa shape index (κ2) is 22.1. The van der Waals surface area contributed by atoms with Crippen LogP contribution in [0, 0.1) is 70.0 Å². The summed E-state index contributed by atoms with van der Waals surface area (Å²) in [5.41, 5.74) is 0.847. The van der Waals surface area contributed by atoms with E-state index in [9.17, 15) is 23.5 Å². The first kappa shape index (κ1) is 49.6. The molecule has 346 valence electrons. The van der Waals surface area contributed by atoms with Crippen molar-refractivity contribution in [2.45, 2.75) is 133 Å². The maximum Gasteiger partial charge on any atom is 0.268 e. The Balaban J connectivity index is 1.37. The van der Waals surface area contributed by atoms with E-state index >= 15 is 0 Å². The SMILES string of the molecule is CCC1CC(C)C(SOOO)C(CC)C1NC1NC(NC2C(CC)CC(C)C(S(=O)(=O)O)C2CC)C(C#N)C(C)C1N=Nc1nn(-c2nc3ccc(SOOO)cc3s2)cc1C#N. The topological polar surface area (TPSA) is 271 Å². The number of nitrogens with one attached hydrogen (secondary N) is 3. The first-order valence-electron chi connectivity index (χ1n) is 21.5. The van der Waals surface area contributed by atoms with Gasteiger partial charge in [0.05, 0.1) is 58.0 Å². The zero-order valence-corrected chi connectivity index (χ0v) is 39.5. The second-order valence-electron chi connectivity index (χ2n) is 17.1. The molecule has 6 rings (SSSR count). The normalized spacial score (nSPS) is 34.0. The fourth-order valence-corrected chi connectivity index (χ4v) is 14.5. The minimum atomic E-state index is -4.37. The van der Waals surface area contributed by atoms with Gasteiger partial charge in [0.25, 0.3) is 10.1 Å². The number of thiazole rings is 1. The average Bonchev–Trinajstić information content (AvgIpc) is 3.89. The molecule has 15 unspecified atom stereocenters. The van der Waals surface area contributed by atoms with Crippen molar-refractivity contribution in [3.63, 3.8) is 0 Å². The smallest absolute Gasteiger partial charge is 0.268 e. The number of rotatable bonds is 18. The summed E-state index contributed by atoms with van der Waals surface area (Å²) in [5.74, 6) is -0.998. The lowest BCUT2D eigenvalue weighted by Gasteiger charge is -2.52. The molecule has 23 heteroatoms. The number of hydrogen-bond acceptors (Lipinski definition) is 20. The molecule has 63 heavy (non-hydrogen) atoms. The van der Waals surface area contributed by atoms with Gasteiger partial charge in [0.1, 0.15) is 17.7 Å². The maximum atomic E-state index is 12.9. The lowest BCUT2D eigenvalue weighted by atomic mass is 9.69. The Kier molecular flexibility index (Phi) is 17.4. The average molecular weight is 951 g/mol. The molecule has 2 aromatic heterocycles. The Bertz CT molecular complexity index is 2220. The Morgan fingerprint density at radius 1 is 0.968 bits per heavy atom. The monoisotopic (exact) mass is 950 g/mol. The van der Waals surface area contributed by atoms with Gasteiger partial charge < -0.3 is 0 Å². The summed E-state index contributed by atoms with van der Waals surface area (Å²) in [6.07, 6.45) is 4.80. The van der Waals surface area contributed by atoms with Gasteiger partial charge in [-0.15, -0.1) is 18.9 Å². The van der Waals surface area contributed by atoms with Gasteiger partial charge >= 0.3 is 0 Å². The number of piperidine rings is 1. The van der Waals surface area contributed by atoms with Crippen LogP contribution in [0.3, 0.4) is 0 Å². The van der Waals surface area contributed by atoms with Gasteiger partial charge in [-0.05, 0) is 66.5 Å². The molecule has 19 nitrogen and oxygen atoms in total. The third kappa shape index (κ3) is 10.9. The number of azo groups is 1. The van der Waals surface area contributed by atoms with Gasteiger partial charge in [0.2, 0.25) is 10.9 Å². The number of aromatic nitrogens is 3. The van der Waals surface area contributed by atoms with Crippen molar-refractivity contribution in [1.82, 2.24) is 30.7 Å². The van der Waals surface area contributed by atoms with Gasteiger partial charge in [-0.2, -0.15) is 24.1 Å². The number of benzene rings is 1. The fourth-order valence-electron chi connectivity index (χ4n) is 10.7. The molecule has 2 saturated carbocycles. The molecule has 0 radical (unpaired) electrons. The van der Waals surface area contributed by atoms with E-state index in [1.54, 1.807) is 12.1 Å². The van der Waals surface area contributed by atoms with Gasteiger partial charge in [0, 0.05) is 40.2 Å². The molecular weight excluding hydrogens is 893 g/mol. The van der Waals surface area contributed by atoms with Crippen LogP contribution in [0.25, 0.3) is 15.3 Å². The Morgan fingerprint density at radius 3 is 2.25 bits per heavy atom. The first-order chi connectivity index (χ1) is 30.2. The van der Waals surface area contributed by atoms with Crippen LogP contribution >= 0.6 is 35.4 Å². The highest BCUT2D eigenvalue weighted by Crippen LogP contribution is 2.45. The number of nitrogens with zero attached hydrogens (tertiary/aromatic N) is 7. The van der Waals surface area contributed by atoms with E-state index in [2.05, 4.69) is 85.4 Å². The van der Waals surface area contributed by atoms with E-state index in [4.69, 9.17) is 20.0 Å². The summed E-state index contributed by atoms with van der Waals surface area (Å²) < 4.78 is 48.1. The molecule has 2 aliphatic carbocycles. The van der Waals surface area contributed by atoms with Crippen molar-refractivity contribution in [2.75, 3.05) is 0 Å². The highest BCUT2D eigenvalue weighted by Gasteiger charge is 2.52. The van der Waals surface area contributed by atoms with Crippen molar-refractivity contribution in [3.05, 3.63) is 30.0 Å². The standard InChI is InChI=1S/C40H58N10O9S4/c1-8-23-14-20(5)35(62-59-57-52)27(10-3)33(23)45-39-32(22(7)29(18-42)38(46-39)44-34-24(9-2)15-21(6)36(28(34)11-4)63(53,54)55)47-48-37-25(17-41)19-50(49-37)40-43-30-13-12-26(61-58-56-51)16-31(30)60-40/h12-13,16,19-24,27-29,32-36,38-39,44-46,51-52H,8-11,14-15H2,1-7H3,(H,53,54,55). The van der Waals surface area contributed by atoms with Crippen LogP contribution in [0.1, 0.15) is 92.6 Å². The first-order valence-corrected chi connectivity index (χ1v) is 25.4. The van der Waals surface area contributed by atoms with Gasteiger partial charge in [-0.3, -0.25) is 20.5 Å². The Hall–Kier alpha value is -2.85. The summed E-state index contributed by atoms with van der Waals surface area (Å²) >= 11 is 3.25. The summed E-state index contributed by atoms with van der Waals surface area (Å²) in [6, 6.07) is 9.01. The number of hydrogen-bond donors (Lipinski definition) is 6. The Labute approximate surface area is 381 Å². The third-order valence-electron chi connectivity index (χ3n) is 13.6. The van der Waals surface area contributed by atoms with Crippen molar-refractivity contribution in [2.24, 2.45) is 57.6 Å². The molecule has 6 N–H and O–H groups in total. The van der Waals surface area contributed by atoms with Crippen LogP contribution in [0.5, 0.6) is 0 Å². The minimum Gasteiger partial charge on any atom is -0.297 e. The molecule has 3 aromatic rings. The highest BCUT2D eigenvalue weighted by molar-refractivity contribution is 7.95. The van der Waals surface area contributed by atoms with Crippen LogP contribution in [0.4, 0.5) is 5.82 Å². The summed E-state index contributed by atoms with van der Waals surface area (Å²) in [5, 5.41) is 71.6. The zero-order chi connectivity index (χ0) is 45.6. The molecule has 3 fully saturated rings. The highest BCUT2D eigenvalue weighted by atomic mass is 32.2. The number of nitriles is 2. The molecule has 1 aromatic carbocycles. The van der Waals surface area contributed by atoms with Crippen LogP contribution in [0.2, 0.25) is 0 Å². The molecule has 15 atom stereocenters. The largest absolute Gasteiger partial charge is 0.297 e. The van der Waals surface area contributed by atoms with Gasteiger partial charge in [-0.25, -0.2) is 20.2 Å². The molecular formula is C40H58N10O9S4. The van der Waals surface area contributed by atoms with Crippen LogP contribution in [0.15, 0.2) is 39.5 Å². The zero-order valence-electron chi connectivity index (χ0n) is 36.3. The van der Waals surface area contributed by atoms with E-state index in [1.807, 2.05) is 26.8 Å². The van der Waals surface area contributed by atoms with Crippen molar-refractivity contribution < 1.29 is 42.2 Å². The molecule has 3 heterocycles. The van der Waals surface area contributed by atoms with Gasteiger partial charge in [0.15, 0.2) is 0 Å². The summed E-state index contributed by atoms with van der Waals surface area (Å²) in [6.45, 7) is 14.3. The van der Waals surface area contributed by atoms with E-state index in [0.717, 1.165) is 54.5 Å². The third-order valence-corrected chi connectivity index (χ3v) is 17.9. The van der Waals surface area contributed by atoms with E-state index in [0.29, 0.717) is 28.4 Å². The lowest BCUT2D eigenvalue weighted by Crippen LogP contribution is -2.72. The summed E-state index contributed by atoms with van der Waals surface area (Å²) in [7, 11) is -4.37. The van der Waals surface area contributed by atoms with E-state index in [1.165, 1.54) is 22.2 Å². The molecule has 1 saturated heterocycles. The quantitative estimate of drug-likeness (QED) is 0.0231. The van der Waals surface area contributed by atoms with Crippen molar-refractivity contribution in [1.29, 1.82) is 10.5 Å². The van der Waals surface area contributed by atoms with E-state index in [-0.39, 0.29) is 58.3 Å². The predicted octanol–water partition coefficient (Wildman–Crippen LogP) is 8.06. The molecule has 0 bridgehead atoms. The molecule has 0 amide bonds. The second-order valence-corrected chi connectivity index (χ2v) is 21.3. The lowest BCUT2D eigenvalue weighted by molar-refractivity contribution is -0.432. The van der Waals surface area contributed by atoms with Crippen molar-refractivity contribution in [3.8, 4) is 17.3 Å². The van der Waals surface area contributed by atoms with E-state index < -0.39 is 51.5 Å². The van der Waals surface area contributed by atoms with Crippen LogP contribution in [-0.4, -0.2) is 79.2 Å². The number of fused-ring (bicyclic) bond motifs is 1.